The van der Waals surface area contributed by atoms with Crippen molar-refractivity contribution in [2.24, 2.45) is 0 Å². The van der Waals surface area contributed by atoms with Gasteiger partial charge < -0.3 is 9.88 Å². The average molecular weight is 487 g/mol. The molecule has 5 rings (SSSR count). The highest BCUT2D eigenvalue weighted by atomic mass is 15.3. The van der Waals surface area contributed by atoms with E-state index in [2.05, 4.69) is 81.6 Å². The van der Waals surface area contributed by atoms with Gasteiger partial charge in [-0.15, -0.1) is 0 Å². The van der Waals surface area contributed by atoms with Gasteiger partial charge in [-0.25, -0.2) is 4.98 Å². The zero-order chi connectivity index (χ0) is 26.2. The number of rotatable bonds is 6. The maximum atomic E-state index is 4.73. The Kier molecular flexibility index (Phi) is 13.4. The Morgan fingerprint density at radius 1 is 0.722 bits per heavy atom. The molecule has 4 heteroatoms. The molecule has 0 radical (unpaired) electrons. The van der Waals surface area contributed by atoms with Crippen LogP contribution in [0.2, 0.25) is 0 Å². The standard InChI is InChI=1S/C26H28N4.3C2H6/c1-2-7-21(8-3-1)22-12-13-26(28-19-22)30-17-15-29(16-18-30)14-6-9-23-20-27-25-11-5-4-10-24(23)25;3*1-2/h1-5,7-8,10-13,19-20,27H,6,9,14-18H2;3*1-2H3. The molecule has 0 atom stereocenters. The van der Waals surface area contributed by atoms with E-state index in [1.165, 1.54) is 34.0 Å². The maximum Gasteiger partial charge on any atom is 0.128 e. The predicted octanol–water partition coefficient (Wildman–Crippen LogP) is 8.06. The van der Waals surface area contributed by atoms with Gasteiger partial charge in [-0.3, -0.25) is 4.90 Å². The summed E-state index contributed by atoms with van der Waals surface area (Å²) in [7, 11) is 0. The Morgan fingerprint density at radius 2 is 1.39 bits per heavy atom. The van der Waals surface area contributed by atoms with Crippen LogP contribution in [0.5, 0.6) is 0 Å². The zero-order valence-electron chi connectivity index (χ0n) is 23.3. The molecule has 3 heterocycles. The third-order valence-corrected chi connectivity index (χ3v) is 6.15. The summed E-state index contributed by atoms with van der Waals surface area (Å²) in [6.45, 7) is 17.5. The molecule has 0 bridgehead atoms. The van der Waals surface area contributed by atoms with Crippen molar-refractivity contribution in [3.8, 4) is 11.1 Å². The average Bonchev–Trinajstić information content (AvgIpc) is 3.40. The molecule has 4 nitrogen and oxygen atoms in total. The Bertz CT molecular complexity index is 1080. The summed E-state index contributed by atoms with van der Waals surface area (Å²) in [5, 5.41) is 1.37. The number of H-pyrrole nitrogens is 1. The van der Waals surface area contributed by atoms with E-state index in [-0.39, 0.29) is 0 Å². The van der Waals surface area contributed by atoms with Gasteiger partial charge in [0.1, 0.15) is 5.82 Å². The number of nitrogens with one attached hydrogen (secondary N) is 1. The molecule has 0 amide bonds. The smallest absolute Gasteiger partial charge is 0.128 e. The van der Waals surface area contributed by atoms with E-state index in [9.17, 15) is 0 Å². The molecule has 0 saturated carbocycles. The SMILES string of the molecule is CC.CC.CC.c1ccc(-c2ccc(N3CCN(CCCc4c[nH]c5ccccc45)CC3)nc2)cc1. The lowest BCUT2D eigenvalue weighted by Gasteiger charge is -2.35. The summed E-state index contributed by atoms with van der Waals surface area (Å²) in [5.41, 5.74) is 5.07. The van der Waals surface area contributed by atoms with E-state index < -0.39 is 0 Å². The number of benzene rings is 2. The third-order valence-electron chi connectivity index (χ3n) is 6.15. The van der Waals surface area contributed by atoms with Gasteiger partial charge >= 0.3 is 0 Å². The van der Waals surface area contributed by atoms with E-state index in [0.29, 0.717) is 0 Å². The first-order valence-corrected chi connectivity index (χ1v) is 13.9. The highest BCUT2D eigenvalue weighted by Crippen LogP contribution is 2.22. The fraction of sp³-hybridized carbons (Fsp3) is 0.406. The lowest BCUT2D eigenvalue weighted by atomic mass is 10.1. The normalized spacial score (nSPS) is 13.0. The van der Waals surface area contributed by atoms with Crippen LogP contribution in [-0.2, 0) is 6.42 Å². The fourth-order valence-electron chi connectivity index (χ4n) is 4.41. The van der Waals surface area contributed by atoms with Crippen molar-refractivity contribution in [3.05, 3.63) is 84.7 Å². The van der Waals surface area contributed by atoms with Crippen LogP contribution >= 0.6 is 0 Å². The minimum absolute atomic E-state index is 1.05. The third kappa shape index (κ3) is 7.96. The summed E-state index contributed by atoms with van der Waals surface area (Å²) >= 11 is 0. The number of para-hydroxylation sites is 1. The van der Waals surface area contributed by atoms with Crippen LogP contribution in [0.4, 0.5) is 5.82 Å². The summed E-state index contributed by atoms with van der Waals surface area (Å²) in [4.78, 5) is 13.1. The lowest BCUT2D eigenvalue weighted by Crippen LogP contribution is -2.47. The van der Waals surface area contributed by atoms with Gasteiger partial charge in [0, 0.05) is 55.0 Å². The van der Waals surface area contributed by atoms with Gasteiger partial charge in [-0.05, 0) is 48.7 Å². The summed E-state index contributed by atoms with van der Waals surface area (Å²) in [6.07, 6.45) is 6.50. The molecule has 0 unspecified atom stereocenters. The van der Waals surface area contributed by atoms with Crippen LogP contribution in [0.15, 0.2) is 79.1 Å². The number of piperazine rings is 1. The number of anilines is 1. The monoisotopic (exact) mass is 486 g/mol. The molecule has 1 N–H and O–H groups in total. The van der Waals surface area contributed by atoms with Crippen LogP contribution in [-0.4, -0.2) is 47.6 Å². The Morgan fingerprint density at radius 3 is 2.06 bits per heavy atom. The molecule has 194 valence electrons. The minimum atomic E-state index is 1.05. The number of hydrogen-bond acceptors (Lipinski definition) is 3. The van der Waals surface area contributed by atoms with E-state index in [4.69, 9.17) is 4.98 Å². The molecule has 4 aromatic rings. The topological polar surface area (TPSA) is 35.2 Å². The molecular formula is C32H46N4. The number of pyridine rings is 1. The van der Waals surface area contributed by atoms with Gasteiger partial charge in [-0.2, -0.15) is 0 Å². The number of hydrogen-bond donors (Lipinski definition) is 1. The zero-order valence-corrected chi connectivity index (χ0v) is 23.3. The molecular weight excluding hydrogens is 440 g/mol. The van der Waals surface area contributed by atoms with E-state index in [1.807, 2.05) is 53.8 Å². The van der Waals surface area contributed by atoms with Crippen LogP contribution < -0.4 is 4.90 Å². The van der Waals surface area contributed by atoms with Crippen molar-refractivity contribution in [1.29, 1.82) is 0 Å². The quantitative estimate of drug-likeness (QED) is 0.299. The summed E-state index contributed by atoms with van der Waals surface area (Å²) in [5.74, 6) is 1.09. The van der Waals surface area contributed by atoms with Gasteiger partial charge in [0.2, 0.25) is 0 Å². The molecule has 36 heavy (non-hydrogen) atoms. The molecule has 1 aliphatic heterocycles. The molecule has 1 fully saturated rings. The summed E-state index contributed by atoms with van der Waals surface area (Å²) in [6, 6.07) is 23.4. The number of aryl methyl sites for hydroxylation is 1. The van der Waals surface area contributed by atoms with Crippen LogP contribution in [0.3, 0.4) is 0 Å². The Balaban J connectivity index is 0.000000710. The predicted molar refractivity (Wildman–Crippen MR) is 159 cm³/mol. The van der Waals surface area contributed by atoms with Crippen LogP contribution in [0.1, 0.15) is 53.5 Å². The van der Waals surface area contributed by atoms with E-state index in [0.717, 1.165) is 45.0 Å². The summed E-state index contributed by atoms with van der Waals surface area (Å²) < 4.78 is 0. The second-order valence-corrected chi connectivity index (χ2v) is 8.06. The van der Waals surface area contributed by atoms with Crippen molar-refractivity contribution in [1.82, 2.24) is 14.9 Å². The first-order valence-electron chi connectivity index (χ1n) is 13.9. The minimum Gasteiger partial charge on any atom is -0.361 e. The van der Waals surface area contributed by atoms with Crippen molar-refractivity contribution >= 4 is 16.7 Å². The number of nitrogens with zero attached hydrogens (tertiary/aromatic N) is 3. The lowest BCUT2D eigenvalue weighted by molar-refractivity contribution is 0.254. The number of aromatic amines is 1. The van der Waals surface area contributed by atoms with Crippen LogP contribution in [0.25, 0.3) is 22.0 Å². The van der Waals surface area contributed by atoms with E-state index in [1.54, 1.807) is 0 Å². The van der Waals surface area contributed by atoms with Crippen molar-refractivity contribution in [2.45, 2.75) is 54.4 Å². The van der Waals surface area contributed by atoms with Crippen molar-refractivity contribution in [2.75, 3.05) is 37.6 Å². The molecule has 1 saturated heterocycles. The Hall–Kier alpha value is -3.11. The molecule has 1 aliphatic rings. The van der Waals surface area contributed by atoms with Gasteiger partial charge in [0.05, 0.1) is 0 Å². The molecule has 0 spiro atoms. The second-order valence-electron chi connectivity index (χ2n) is 8.06. The molecule has 2 aromatic carbocycles. The highest BCUT2D eigenvalue weighted by Gasteiger charge is 2.18. The first kappa shape index (κ1) is 29.1. The van der Waals surface area contributed by atoms with Crippen molar-refractivity contribution < 1.29 is 0 Å². The second kappa shape index (κ2) is 16.5. The van der Waals surface area contributed by atoms with E-state index >= 15 is 0 Å². The van der Waals surface area contributed by atoms with Gasteiger partial charge in [0.15, 0.2) is 0 Å². The number of aromatic nitrogens is 2. The molecule has 0 aliphatic carbocycles. The van der Waals surface area contributed by atoms with Crippen LogP contribution in [0, 0.1) is 0 Å². The Labute approximate surface area is 219 Å². The molecule has 2 aromatic heterocycles. The van der Waals surface area contributed by atoms with Crippen molar-refractivity contribution in [3.63, 3.8) is 0 Å². The highest BCUT2D eigenvalue weighted by molar-refractivity contribution is 5.83. The van der Waals surface area contributed by atoms with Gasteiger partial charge in [-0.1, -0.05) is 90.1 Å². The first-order chi connectivity index (χ1) is 17.9. The maximum absolute atomic E-state index is 4.73. The fourth-order valence-corrected chi connectivity index (χ4v) is 4.41. The number of fused-ring (bicyclic) bond motifs is 1. The largest absolute Gasteiger partial charge is 0.361 e. The van der Waals surface area contributed by atoms with Gasteiger partial charge in [0.25, 0.3) is 0 Å².